The lowest BCUT2D eigenvalue weighted by Crippen LogP contribution is -2.30. The van der Waals surface area contributed by atoms with E-state index in [2.05, 4.69) is 47.8 Å². The first-order chi connectivity index (χ1) is 16.9. The number of aryl methyl sites for hydroxylation is 3. The van der Waals surface area contributed by atoms with E-state index in [9.17, 15) is 0 Å². The Balaban J connectivity index is 0.000000271. The predicted molar refractivity (Wildman–Crippen MR) is 161 cm³/mol. The molecule has 0 radical (unpaired) electrons. The number of hydrogen-bond donors (Lipinski definition) is 6. The van der Waals surface area contributed by atoms with E-state index in [0.717, 1.165) is 38.7 Å². The van der Waals surface area contributed by atoms with Crippen LogP contribution in [0.3, 0.4) is 0 Å². The number of halogens is 3. The summed E-state index contributed by atoms with van der Waals surface area (Å²) >= 11 is 9.96. The second-order valence-electron chi connectivity index (χ2n) is 8.28. The Morgan fingerprint density at radius 3 is 1.06 bits per heavy atom. The quantitative estimate of drug-likeness (QED) is 0.174. The van der Waals surface area contributed by atoms with Crippen molar-refractivity contribution in [1.29, 1.82) is 0 Å². The molecule has 0 saturated carbocycles. The van der Waals surface area contributed by atoms with E-state index >= 15 is 0 Å². The Labute approximate surface area is 239 Å². The summed E-state index contributed by atoms with van der Waals surface area (Å²) in [6, 6.07) is 16.6. The third kappa shape index (κ3) is 12.1. The van der Waals surface area contributed by atoms with Gasteiger partial charge >= 0.3 is 21.4 Å². The van der Waals surface area contributed by atoms with Crippen molar-refractivity contribution in [2.75, 3.05) is 0 Å². The zero-order chi connectivity index (χ0) is 27.4. The Bertz CT molecular complexity index is 1060. The molecule has 0 saturated heterocycles. The Morgan fingerprint density at radius 2 is 0.722 bits per heavy atom. The van der Waals surface area contributed by atoms with E-state index in [1.54, 1.807) is 36.4 Å². The summed E-state index contributed by atoms with van der Waals surface area (Å²) in [5.41, 5.74) is 7.91. The minimum absolute atomic E-state index is 0.534. The second kappa shape index (κ2) is 16.8. The van der Waals surface area contributed by atoms with E-state index in [1.165, 1.54) is 0 Å². The minimum atomic E-state index is -1.39. The fourth-order valence-corrected chi connectivity index (χ4v) is 4.35. The van der Waals surface area contributed by atoms with Crippen LogP contribution in [0.1, 0.15) is 33.4 Å². The lowest BCUT2D eigenvalue weighted by atomic mass is 9.79. The molecule has 0 fully saturated rings. The van der Waals surface area contributed by atoms with Gasteiger partial charge in [-0.25, -0.2) is 0 Å². The molecule has 0 spiro atoms. The fourth-order valence-electron chi connectivity index (χ4n) is 3.37. The van der Waals surface area contributed by atoms with Gasteiger partial charge in [0.15, 0.2) is 0 Å². The normalized spacial score (nSPS) is 10.0. The topological polar surface area (TPSA) is 121 Å². The highest BCUT2D eigenvalue weighted by Crippen LogP contribution is 2.10. The molecule has 192 valence electrons. The second-order valence-corrected chi connectivity index (χ2v) is 9.96. The zero-order valence-electron chi connectivity index (χ0n) is 20.4. The Kier molecular flexibility index (Phi) is 15.4. The van der Waals surface area contributed by atoms with Gasteiger partial charge in [0.05, 0.1) is 0 Å². The molecule has 6 nitrogen and oxygen atoms in total. The summed E-state index contributed by atoms with van der Waals surface area (Å²) in [7, 11) is -4.12. The standard InChI is InChI=1S/C8H9BBr2O2.C8H10BBrO2.C8H11BO2/c10-4-6-1-7(5-11)3-8(2-6)9(12)13;1-6-2-7(5-10)4-8(3-6)9(11)12;1-6-3-7(2)5-8(4-6)9(10)11/h1-3,12-13H,4-5H2;2-4,11-12H,5H2,1H3;3-5,10-11H,1-2H3. The van der Waals surface area contributed by atoms with Crippen molar-refractivity contribution in [1.82, 2.24) is 0 Å². The summed E-state index contributed by atoms with van der Waals surface area (Å²) in [5, 5.41) is 55.6. The number of hydrogen-bond acceptors (Lipinski definition) is 6. The average molecular weight is 687 g/mol. The van der Waals surface area contributed by atoms with E-state index in [0.29, 0.717) is 27.0 Å². The molecule has 3 rings (SSSR count). The molecule has 0 amide bonds. The molecular weight excluding hydrogens is 656 g/mol. The van der Waals surface area contributed by atoms with Gasteiger partial charge in [0.2, 0.25) is 0 Å². The molecule has 0 unspecified atom stereocenters. The largest absolute Gasteiger partial charge is 0.488 e. The zero-order valence-corrected chi connectivity index (χ0v) is 25.1. The molecule has 0 bridgehead atoms. The molecule has 0 atom stereocenters. The van der Waals surface area contributed by atoms with Crippen molar-refractivity contribution >= 4 is 85.5 Å². The van der Waals surface area contributed by atoms with Crippen LogP contribution in [-0.4, -0.2) is 51.5 Å². The molecule has 3 aromatic rings. The van der Waals surface area contributed by atoms with Crippen LogP contribution in [0.2, 0.25) is 0 Å². The lowest BCUT2D eigenvalue weighted by molar-refractivity contribution is 0.424. The first-order valence-corrected chi connectivity index (χ1v) is 14.3. The van der Waals surface area contributed by atoms with Crippen molar-refractivity contribution in [3.63, 3.8) is 0 Å². The molecule has 6 N–H and O–H groups in total. The summed E-state index contributed by atoms with van der Waals surface area (Å²) in [4.78, 5) is 0. The Hall–Kier alpha value is -0.945. The van der Waals surface area contributed by atoms with E-state index in [-0.39, 0.29) is 0 Å². The van der Waals surface area contributed by atoms with Gasteiger partial charge in [0, 0.05) is 16.0 Å². The monoisotopic (exact) mass is 684 g/mol. The molecule has 36 heavy (non-hydrogen) atoms. The van der Waals surface area contributed by atoms with E-state index < -0.39 is 21.4 Å². The van der Waals surface area contributed by atoms with Crippen LogP contribution in [0.25, 0.3) is 0 Å². The van der Waals surface area contributed by atoms with Crippen LogP contribution in [0.15, 0.2) is 54.6 Å². The SMILES string of the molecule is Cc1cc(C)cc(B(O)O)c1.Cc1cc(CBr)cc(B(O)O)c1.OB(O)c1cc(CBr)cc(CBr)c1. The number of rotatable bonds is 6. The van der Waals surface area contributed by atoms with Gasteiger partial charge in [-0.1, -0.05) is 119 Å². The van der Waals surface area contributed by atoms with Gasteiger partial charge < -0.3 is 30.1 Å². The number of benzene rings is 3. The molecule has 0 aliphatic carbocycles. The number of alkyl halides is 3. The van der Waals surface area contributed by atoms with Crippen molar-refractivity contribution in [3.8, 4) is 0 Å². The highest BCUT2D eigenvalue weighted by atomic mass is 79.9. The molecule has 0 aliphatic heterocycles. The predicted octanol–water partition coefficient (Wildman–Crippen LogP) is 1.71. The van der Waals surface area contributed by atoms with Gasteiger partial charge in [-0.3, -0.25) is 0 Å². The van der Waals surface area contributed by atoms with Crippen LogP contribution < -0.4 is 16.4 Å². The first-order valence-electron chi connectivity index (χ1n) is 11.0. The van der Waals surface area contributed by atoms with Gasteiger partial charge in [-0.15, -0.1) is 0 Å². The molecule has 0 heterocycles. The molecular formula is C24H30B3Br3O6. The molecule has 0 aliphatic rings. The van der Waals surface area contributed by atoms with Crippen LogP contribution in [-0.2, 0) is 16.0 Å². The van der Waals surface area contributed by atoms with Crippen molar-refractivity contribution < 1.29 is 30.1 Å². The summed E-state index contributed by atoms with van der Waals surface area (Å²) in [6.45, 7) is 5.79. The van der Waals surface area contributed by atoms with Gasteiger partial charge in [0.1, 0.15) is 0 Å². The molecule has 0 aromatic heterocycles. The maximum absolute atomic E-state index is 8.99. The third-order valence-electron chi connectivity index (χ3n) is 4.84. The maximum atomic E-state index is 8.99. The molecule has 12 heteroatoms. The molecule has 3 aromatic carbocycles. The van der Waals surface area contributed by atoms with E-state index in [4.69, 9.17) is 30.1 Å². The fraction of sp³-hybridized carbons (Fsp3) is 0.250. The Morgan fingerprint density at radius 1 is 0.444 bits per heavy atom. The van der Waals surface area contributed by atoms with Gasteiger partial charge in [0.25, 0.3) is 0 Å². The van der Waals surface area contributed by atoms with Gasteiger partial charge in [-0.05, 0) is 53.8 Å². The minimum Gasteiger partial charge on any atom is -0.423 e. The van der Waals surface area contributed by atoms with Crippen molar-refractivity contribution in [2.45, 2.75) is 36.8 Å². The average Bonchev–Trinajstić information content (AvgIpc) is 2.83. The third-order valence-corrected chi connectivity index (χ3v) is 6.78. The summed E-state index contributed by atoms with van der Waals surface area (Å²) in [5.74, 6) is 0. The highest BCUT2D eigenvalue weighted by molar-refractivity contribution is 9.09. The smallest absolute Gasteiger partial charge is 0.423 e. The van der Waals surface area contributed by atoms with Crippen molar-refractivity contribution in [2.24, 2.45) is 0 Å². The van der Waals surface area contributed by atoms with E-state index in [1.807, 2.05) is 39.0 Å². The first kappa shape index (κ1) is 33.1. The van der Waals surface area contributed by atoms with Crippen LogP contribution in [0.5, 0.6) is 0 Å². The van der Waals surface area contributed by atoms with Crippen LogP contribution in [0, 0.1) is 20.8 Å². The van der Waals surface area contributed by atoms with Crippen LogP contribution >= 0.6 is 47.8 Å². The summed E-state index contributed by atoms with van der Waals surface area (Å²) in [6.07, 6.45) is 0. The highest BCUT2D eigenvalue weighted by Gasteiger charge is 2.13. The van der Waals surface area contributed by atoms with Gasteiger partial charge in [-0.2, -0.15) is 0 Å². The van der Waals surface area contributed by atoms with Crippen molar-refractivity contribution in [3.05, 3.63) is 88.0 Å². The van der Waals surface area contributed by atoms with Crippen LogP contribution in [0.4, 0.5) is 0 Å². The maximum Gasteiger partial charge on any atom is 0.488 e. The lowest BCUT2D eigenvalue weighted by Gasteiger charge is -2.05. The summed E-state index contributed by atoms with van der Waals surface area (Å²) < 4.78 is 0.